The highest BCUT2D eigenvalue weighted by atomic mass is 19.3. The van der Waals surface area contributed by atoms with Crippen molar-refractivity contribution < 1.29 is 27.8 Å². The Labute approximate surface area is 248 Å². The average Bonchev–Trinajstić information content (AvgIpc) is 3.43. The lowest BCUT2D eigenvalue weighted by Gasteiger charge is -2.29. The van der Waals surface area contributed by atoms with Crippen LogP contribution < -0.4 is 19.7 Å². The van der Waals surface area contributed by atoms with Crippen molar-refractivity contribution in [1.82, 2.24) is 24.4 Å². The Morgan fingerprint density at radius 2 is 1.74 bits per heavy atom. The number of amides is 1. The second kappa shape index (κ2) is 13.2. The van der Waals surface area contributed by atoms with Crippen LogP contribution in [0.5, 0.6) is 11.5 Å². The third-order valence-corrected chi connectivity index (χ3v) is 7.32. The summed E-state index contributed by atoms with van der Waals surface area (Å²) in [4.78, 5) is 30.4. The number of morpholine rings is 1. The van der Waals surface area contributed by atoms with Crippen molar-refractivity contribution in [3.63, 3.8) is 0 Å². The summed E-state index contributed by atoms with van der Waals surface area (Å²) < 4.78 is 45.8. The van der Waals surface area contributed by atoms with Crippen molar-refractivity contribution in [3.8, 4) is 17.3 Å². The summed E-state index contributed by atoms with van der Waals surface area (Å²) in [6.07, 6.45) is -2.22. The number of para-hydroxylation sites is 2. The van der Waals surface area contributed by atoms with Crippen LogP contribution in [0.4, 0.5) is 20.5 Å². The molecule has 0 radical (unpaired) electrons. The molecule has 1 aliphatic heterocycles. The van der Waals surface area contributed by atoms with Gasteiger partial charge in [-0.25, -0.2) is 13.8 Å². The summed E-state index contributed by atoms with van der Waals surface area (Å²) in [5.74, 6) is 1.57. The van der Waals surface area contributed by atoms with Gasteiger partial charge in [0.25, 0.3) is 6.43 Å². The number of aromatic nitrogens is 4. The lowest BCUT2D eigenvalue weighted by atomic mass is 10.1. The molecule has 13 heteroatoms. The maximum atomic E-state index is 14.2. The summed E-state index contributed by atoms with van der Waals surface area (Å²) in [6, 6.07) is 13.5. The molecular weight excluding hydrogens is 560 g/mol. The minimum absolute atomic E-state index is 0.145. The van der Waals surface area contributed by atoms with Crippen LogP contribution in [-0.2, 0) is 16.0 Å². The molecule has 2 aromatic carbocycles. The van der Waals surface area contributed by atoms with Crippen molar-refractivity contribution >= 4 is 28.7 Å². The first-order valence-electron chi connectivity index (χ1n) is 14.0. The monoisotopic (exact) mass is 595 g/mol. The Morgan fingerprint density at radius 3 is 2.47 bits per heavy atom. The number of likely N-dealkylation sites (N-methyl/N-ethyl adjacent to an activating group) is 1. The highest BCUT2D eigenvalue weighted by molar-refractivity contribution is 5.84. The van der Waals surface area contributed by atoms with Crippen molar-refractivity contribution in [1.29, 1.82) is 0 Å². The van der Waals surface area contributed by atoms with Crippen LogP contribution in [0.25, 0.3) is 16.9 Å². The van der Waals surface area contributed by atoms with Gasteiger partial charge in [0.15, 0.2) is 17.3 Å². The van der Waals surface area contributed by atoms with Gasteiger partial charge < -0.3 is 29.3 Å². The summed E-state index contributed by atoms with van der Waals surface area (Å²) in [6.45, 7) is 4.36. The molecule has 4 aromatic rings. The van der Waals surface area contributed by atoms with Crippen LogP contribution in [0.1, 0.15) is 24.7 Å². The van der Waals surface area contributed by atoms with E-state index in [1.165, 1.54) is 4.57 Å². The highest BCUT2D eigenvalue weighted by Gasteiger charge is 2.25. The zero-order valence-electron chi connectivity index (χ0n) is 24.6. The third kappa shape index (κ3) is 6.61. The van der Waals surface area contributed by atoms with Crippen LogP contribution in [0.3, 0.4) is 0 Å². The first kappa shape index (κ1) is 30.0. The van der Waals surface area contributed by atoms with E-state index in [4.69, 9.17) is 14.2 Å². The number of anilines is 2. The SMILES string of the molecule is COc1ccc(CCN(C)C(=O)[C@H](C)Nc2nc(N3CCOCC3)cc(-n3c(C(F)F)nc4ccccc43)n2)cc1OC. The van der Waals surface area contributed by atoms with Gasteiger partial charge in [-0.1, -0.05) is 18.2 Å². The van der Waals surface area contributed by atoms with Gasteiger partial charge in [0.1, 0.15) is 17.7 Å². The van der Waals surface area contributed by atoms with Gasteiger partial charge in [0, 0.05) is 32.7 Å². The number of ether oxygens (including phenoxy) is 3. The van der Waals surface area contributed by atoms with E-state index in [2.05, 4.69) is 20.3 Å². The number of imidazole rings is 1. The van der Waals surface area contributed by atoms with E-state index in [-0.39, 0.29) is 17.7 Å². The predicted molar refractivity (Wildman–Crippen MR) is 159 cm³/mol. The van der Waals surface area contributed by atoms with E-state index in [9.17, 15) is 13.6 Å². The topological polar surface area (TPSA) is 107 Å². The number of rotatable bonds is 11. The molecule has 0 saturated carbocycles. The van der Waals surface area contributed by atoms with E-state index >= 15 is 0 Å². The van der Waals surface area contributed by atoms with E-state index in [0.29, 0.717) is 67.6 Å². The Bertz CT molecular complexity index is 1580. The van der Waals surface area contributed by atoms with Gasteiger partial charge in [0.2, 0.25) is 11.9 Å². The number of nitrogens with one attached hydrogen (secondary N) is 1. The van der Waals surface area contributed by atoms with Gasteiger partial charge in [-0.3, -0.25) is 9.36 Å². The first-order chi connectivity index (χ1) is 20.8. The minimum atomic E-state index is -2.83. The summed E-state index contributed by atoms with van der Waals surface area (Å²) in [5, 5.41) is 3.10. The molecule has 5 rings (SSSR count). The van der Waals surface area contributed by atoms with Gasteiger partial charge >= 0.3 is 0 Å². The fourth-order valence-corrected chi connectivity index (χ4v) is 5.02. The Hall–Kier alpha value is -4.52. The number of benzene rings is 2. The minimum Gasteiger partial charge on any atom is -0.493 e. The lowest BCUT2D eigenvalue weighted by molar-refractivity contribution is -0.130. The van der Waals surface area contributed by atoms with E-state index in [0.717, 1.165) is 5.56 Å². The number of halogens is 2. The van der Waals surface area contributed by atoms with Gasteiger partial charge in [-0.15, -0.1) is 0 Å². The quantitative estimate of drug-likeness (QED) is 0.274. The molecule has 11 nitrogen and oxygen atoms in total. The normalized spacial score (nSPS) is 14.2. The highest BCUT2D eigenvalue weighted by Crippen LogP contribution is 2.30. The summed E-state index contributed by atoms with van der Waals surface area (Å²) in [7, 11) is 4.89. The molecule has 1 saturated heterocycles. The number of carbonyl (C=O) groups excluding carboxylic acids is 1. The predicted octanol–water partition coefficient (Wildman–Crippen LogP) is 4.11. The Balaban J connectivity index is 1.39. The van der Waals surface area contributed by atoms with Crippen LogP contribution in [0.2, 0.25) is 0 Å². The number of alkyl halides is 2. The van der Waals surface area contributed by atoms with Crippen LogP contribution in [0, 0.1) is 0 Å². The van der Waals surface area contributed by atoms with Crippen LogP contribution in [0.15, 0.2) is 48.5 Å². The molecule has 2 aromatic heterocycles. The van der Waals surface area contributed by atoms with Crippen molar-refractivity contribution in [2.24, 2.45) is 0 Å². The molecule has 43 heavy (non-hydrogen) atoms. The molecule has 0 spiro atoms. The maximum absolute atomic E-state index is 14.2. The molecule has 1 amide bonds. The molecule has 1 N–H and O–H groups in total. The molecule has 0 unspecified atom stereocenters. The molecule has 0 aliphatic carbocycles. The fraction of sp³-hybridized carbons (Fsp3) is 0.400. The van der Waals surface area contributed by atoms with Crippen LogP contribution in [-0.4, -0.2) is 90.5 Å². The summed E-state index contributed by atoms with van der Waals surface area (Å²) >= 11 is 0. The number of hydrogen-bond donors (Lipinski definition) is 1. The molecule has 3 heterocycles. The Kier molecular flexibility index (Phi) is 9.19. The number of nitrogens with zero attached hydrogens (tertiary/aromatic N) is 6. The van der Waals surface area contributed by atoms with Crippen LogP contribution >= 0.6 is 0 Å². The third-order valence-electron chi connectivity index (χ3n) is 7.32. The Morgan fingerprint density at radius 1 is 1.02 bits per heavy atom. The molecule has 1 fully saturated rings. The number of carbonyl (C=O) groups is 1. The largest absolute Gasteiger partial charge is 0.493 e. The van der Waals surface area contributed by atoms with Gasteiger partial charge in [-0.05, 0) is 43.2 Å². The molecule has 228 valence electrons. The first-order valence-corrected chi connectivity index (χ1v) is 14.0. The number of hydrogen-bond acceptors (Lipinski definition) is 9. The standard InChI is InChI=1S/C30H35F2N7O4/c1-19(29(40)37(2)12-11-20-9-10-23(41-3)24(17-20)42-4)33-30-35-25(38-13-15-43-16-14-38)18-26(36-30)39-22-8-6-5-7-21(22)34-28(39)27(31)32/h5-10,17-19,27H,11-16H2,1-4H3,(H,33,35,36)/t19-/m0/s1. The number of methoxy groups -OCH3 is 2. The van der Waals surface area contributed by atoms with E-state index in [1.807, 2.05) is 23.1 Å². The fourth-order valence-electron chi connectivity index (χ4n) is 5.02. The smallest absolute Gasteiger partial charge is 0.296 e. The lowest BCUT2D eigenvalue weighted by Crippen LogP contribution is -2.40. The van der Waals surface area contributed by atoms with Crippen molar-refractivity contribution in [3.05, 3.63) is 59.9 Å². The molecular formula is C30H35F2N7O4. The number of fused-ring (bicyclic) bond motifs is 1. The van der Waals surface area contributed by atoms with Gasteiger partial charge in [-0.2, -0.15) is 9.97 Å². The van der Waals surface area contributed by atoms with Gasteiger partial charge in [0.05, 0.1) is 38.5 Å². The second-order valence-electron chi connectivity index (χ2n) is 10.2. The maximum Gasteiger partial charge on any atom is 0.296 e. The summed E-state index contributed by atoms with van der Waals surface area (Å²) in [5.41, 5.74) is 1.92. The zero-order chi connectivity index (χ0) is 30.5. The second-order valence-corrected chi connectivity index (χ2v) is 10.2. The molecule has 1 atom stereocenters. The van der Waals surface area contributed by atoms with Crippen molar-refractivity contribution in [2.45, 2.75) is 25.8 Å². The molecule has 1 aliphatic rings. The van der Waals surface area contributed by atoms with Crippen molar-refractivity contribution in [2.75, 3.05) is 64.3 Å². The van der Waals surface area contributed by atoms with E-state index < -0.39 is 18.3 Å². The molecule has 0 bridgehead atoms. The van der Waals surface area contributed by atoms with E-state index in [1.54, 1.807) is 63.4 Å². The average molecular weight is 596 g/mol. The zero-order valence-corrected chi connectivity index (χ0v) is 24.6.